The molecule has 1 fully saturated rings. The molecule has 1 atom stereocenters. The van der Waals surface area contributed by atoms with Crippen LogP contribution in [0.5, 0.6) is 5.75 Å². The Balaban J connectivity index is 1.61. The zero-order valence-electron chi connectivity index (χ0n) is 16.2. The molecule has 154 valence electrons. The summed E-state index contributed by atoms with van der Waals surface area (Å²) in [5.74, 6) is -0.362. The molecule has 2 heterocycles. The first-order valence-electron chi connectivity index (χ1n) is 9.58. The molecule has 8 heteroatoms. The Morgan fingerprint density at radius 3 is 2.83 bits per heavy atom. The summed E-state index contributed by atoms with van der Waals surface area (Å²) in [7, 11) is -2.39. The average molecular weight is 417 g/mol. The number of anilines is 1. The minimum absolute atomic E-state index is 0.0269. The number of sulfonamides is 1. The average Bonchev–Trinajstić information content (AvgIpc) is 3.41. The predicted octanol–water partition coefficient (Wildman–Crippen LogP) is 2.78. The van der Waals surface area contributed by atoms with E-state index in [9.17, 15) is 13.2 Å². The van der Waals surface area contributed by atoms with Gasteiger partial charge in [-0.1, -0.05) is 18.2 Å². The molecule has 2 aromatic carbocycles. The van der Waals surface area contributed by atoms with Gasteiger partial charge in [0.25, 0.3) is 10.0 Å². The number of rotatable bonds is 6. The van der Waals surface area contributed by atoms with Gasteiger partial charge in [-0.05, 0) is 49.1 Å². The van der Waals surface area contributed by atoms with E-state index in [2.05, 4.69) is 0 Å². The zero-order chi connectivity index (χ0) is 20.4. The van der Waals surface area contributed by atoms with E-state index in [0.717, 1.165) is 18.4 Å². The summed E-state index contributed by atoms with van der Waals surface area (Å²) in [4.78, 5) is 12.6. The van der Waals surface area contributed by atoms with Crippen LogP contribution in [0.25, 0.3) is 0 Å². The molecular formula is C21H23NO6S. The van der Waals surface area contributed by atoms with Crippen LogP contribution in [0.1, 0.15) is 28.8 Å². The largest absolute Gasteiger partial charge is 0.496 e. The van der Waals surface area contributed by atoms with E-state index in [1.807, 2.05) is 18.2 Å². The summed E-state index contributed by atoms with van der Waals surface area (Å²) in [5.41, 5.74) is 1.74. The van der Waals surface area contributed by atoms with E-state index in [4.69, 9.17) is 14.2 Å². The highest BCUT2D eigenvalue weighted by atomic mass is 32.2. The summed E-state index contributed by atoms with van der Waals surface area (Å²) in [6, 6.07) is 11.7. The topological polar surface area (TPSA) is 82.1 Å². The standard InChI is InChI=1S/C21H23NO6S/c1-26-20-9-8-17(13-18(20)21(23)28-14-16-6-4-12-27-16)29(24,25)22-11-10-15-5-2-3-7-19(15)22/h2-3,5,7-9,13,16H,4,6,10-12,14H2,1H3/t16-/m0/s1. The van der Waals surface area contributed by atoms with Gasteiger partial charge in [0.1, 0.15) is 17.9 Å². The first-order chi connectivity index (χ1) is 14.0. The lowest BCUT2D eigenvalue weighted by molar-refractivity contribution is 0.0158. The van der Waals surface area contributed by atoms with Crippen LogP contribution >= 0.6 is 0 Å². The molecule has 4 rings (SSSR count). The molecule has 0 aliphatic carbocycles. The Labute approximate surface area is 170 Å². The van der Waals surface area contributed by atoms with E-state index in [0.29, 0.717) is 25.3 Å². The molecule has 0 amide bonds. The van der Waals surface area contributed by atoms with Crippen LogP contribution in [0.15, 0.2) is 47.4 Å². The van der Waals surface area contributed by atoms with E-state index in [-0.39, 0.29) is 28.9 Å². The third-order valence-electron chi connectivity index (χ3n) is 5.25. The molecule has 29 heavy (non-hydrogen) atoms. The highest BCUT2D eigenvalue weighted by molar-refractivity contribution is 7.92. The van der Waals surface area contributed by atoms with E-state index < -0.39 is 16.0 Å². The van der Waals surface area contributed by atoms with E-state index >= 15 is 0 Å². The maximum absolute atomic E-state index is 13.3. The minimum atomic E-state index is -3.82. The molecule has 0 spiro atoms. The van der Waals surface area contributed by atoms with Gasteiger partial charge in [0.2, 0.25) is 0 Å². The first kappa shape index (κ1) is 19.7. The smallest absolute Gasteiger partial charge is 0.342 e. The number of nitrogens with zero attached hydrogens (tertiary/aromatic N) is 1. The maximum Gasteiger partial charge on any atom is 0.342 e. The van der Waals surface area contributed by atoms with Gasteiger partial charge in [0.05, 0.1) is 23.8 Å². The van der Waals surface area contributed by atoms with Crippen molar-refractivity contribution in [2.75, 3.05) is 31.2 Å². The molecule has 0 saturated carbocycles. The zero-order valence-corrected chi connectivity index (χ0v) is 17.0. The molecule has 1 saturated heterocycles. The van der Waals surface area contributed by atoms with Gasteiger partial charge in [0.15, 0.2) is 0 Å². The second-order valence-electron chi connectivity index (χ2n) is 7.05. The molecular weight excluding hydrogens is 394 g/mol. The van der Waals surface area contributed by atoms with Crippen LogP contribution in [0.2, 0.25) is 0 Å². The van der Waals surface area contributed by atoms with Crippen LogP contribution in [0.4, 0.5) is 5.69 Å². The SMILES string of the molecule is COc1ccc(S(=O)(=O)N2CCc3ccccc32)cc1C(=O)OC[C@@H]1CCCO1. The van der Waals surface area contributed by atoms with Crippen LogP contribution in [-0.4, -0.2) is 47.4 Å². The lowest BCUT2D eigenvalue weighted by Crippen LogP contribution is -2.29. The normalized spacial score (nSPS) is 18.5. The van der Waals surface area contributed by atoms with Gasteiger partial charge in [-0.3, -0.25) is 4.31 Å². The number of hydrogen-bond acceptors (Lipinski definition) is 6. The van der Waals surface area contributed by atoms with Crippen LogP contribution in [-0.2, 0) is 25.9 Å². The molecule has 2 aromatic rings. The Morgan fingerprint density at radius 2 is 2.07 bits per heavy atom. The number of ether oxygens (including phenoxy) is 3. The number of methoxy groups -OCH3 is 1. The third-order valence-corrected chi connectivity index (χ3v) is 7.06. The summed E-state index contributed by atoms with van der Waals surface area (Å²) >= 11 is 0. The number of benzene rings is 2. The fourth-order valence-electron chi connectivity index (χ4n) is 3.71. The van der Waals surface area contributed by atoms with Crippen molar-refractivity contribution >= 4 is 21.7 Å². The van der Waals surface area contributed by atoms with Gasteiger partial charge in [-0.2, -0.15) is 0 Å². The second-order valence-corrected chi connectivity index (χ2v) is 8.91. The van der Waals surface area contributed by atoms with Crippen molar-refractivity contribution in [1.29, 1.82) is 0 Å². The summed E-state index contributed by atoms with van der Waals surface area (Å²) in [6.07, 6.45) is 2.32. The molecule has 2 aliphatic heterocycles. The van der Waals surface area contributed by atoms with Gasteiger partial charge in [-0.25, -0.2) is 13.2 Å². The van der Waals surface area contributed by atoms with Gasteiger partial charge in [-0.15, -0.1) is 0 Å². The highest BCUT2D eigenvalue weighted by Crippen LogP contribution is 2.34. The van der Waals surface area contributed by atoms with Crippen LogP contribution in [0.3, 0.4) is 0 Å². The molecule has 0 N–H and O–H groups in total. The van der Waals surface area contributed by atoms with Gasteiger partial charge in [0, 0.05) is 13.2 Å². The lowest BCUT2D eigenvalue weighted by atomic mass is 10.2. The van der Waals surface area contributed by atoms with Crippen LogP contribution < -0.4 is 9.04 Å². The Bertz CT molecular complexity index is 1010. The quantitative estimate of drug-likeness (QED) is 0.673. The van der Waals surface area contributed by atoms with Crippen molar-refractivity contribution in [1.82, 2.24) is 0 Å². The van der Waals surface area contributed by atoms with Gasteiger partial charge >= 0.3 is 5.97 Å². The van der Waals surface area contributed by atoms with Crippen molar-refractivity contribution in [2.24, 2.45) is 0 Å². The molecule has 7 nitrogen and oxygen atoms in total. The van der Waals surface area contributed by atoms with Crippen LogP contribution in [0, 0.1) is 0 Å². The van der Waals surface area contributed by atoms with E-state index in [1.54, 1.807) is 6.07 Å². The Kier molecular flexibility index (Phi) is 5.47. The third kappa shape index (κ3) is 3.82. The van der Waals surface area contributed by atoms with Crippen molar-refractivity contribution in [3.05, 3.63) is 53.6 Å². The number of esters is 1. The monoisotopic (exact) mass is 417 g/mol. The van der Waals surface area contributed by atoms with Crippen molar-refractivity contribution in [3.63, 3.8) is 0 Å². The molecule has 0 aromatic heterocycles. The fraction of sp³-hybridized carbons (Fsp3) is 0.381. The number of carbonyl (C=O) groups is 1. The lowest BCUT2D eigenvalue weighted by Gasteiger charge is -2.20. The Hall–Kier alpha value is -2.58. The number of carbonyl (C=O) groups excluding carboxylic acids is 1. The summed E-state index contributed by atoms with van der Waals surface area (Å²) < 4.78 is 43.9. The summed E-state index contributed by atoms with van der Waals surface area (Å²) in [6.45, 7) is 1.17. The summed E-state index contributed by atoms with van der Waals surface area (Å²) in [5, 5.41) is 0. The number of fused-ring (bicyclic) bond motifs is 1. The van der Waals surface area contributed by atoms with Crippen molar-refractivity contribution in [3.8, 4) is 5.75 Å². The number of hydrogen-bond donors (Lipinski definition) is 0. The molecule has 0 bridgehead atoms. The van der Waals surface area contributed by atoms with Gasteiger partial charge < -0.3 is 14.2 Å². The second kappa shape index (κ2) is 8.04. The first-order valence-corrected chi connectivity index (χ1v) is 11.0. The van der Waals surface area contributed by atoms with Crippen molar-refractivity contribution in [2.45, 2.75) is 30.3 Å². The fourth-order valence-corrected chi connectivity index (χ4v) is 5.24. The van der Waals surface area contributed by atoms with E-state index in [1.165, 1.54) is 29.6 Å². The molecule has 0 radical (unpaired) electrons. The molecule has 2 aliphatic rings. The Morgan fingerprint density at radius 1 is 1.24 bits per heavy atom. The maximum atomic E-state index is 13.3. The molecule has 0 unspecified atom stereocenters. The minimum Gasteiger partial charge on any atom is -0.496 e. The van der Waals surface area contributed by atoms with Crippen molar-refractivity contribution < 1.29 is 27.4 Å². The predicted molar refractivity (Wildman–Crippen MR) is 107 cm³/mol. The highest BCUT2D eigenvalue weighted by Gasteiger charge is 2.32. The number of para-hydroxylation sites is 1.